The largest absolute Gasteiger partial charge is 0.356 e. The van der Waals surface area contributed by atoms with Crippen molar-refractivity contribution in [2.24, 2.45) is 4.99 Å². The molecule has 0 aromatic heterocycles. The number of aliphatic imine (C=N–C) groups is 1. The normalized spacial score (nSPS) is 16.8. The van der Waals surface area contributed by atoms with Gasteiger partial charge in [0.15, 0.2) is 15.8 Å². The van der Waals surface area contributed by atoms with Gasteiger partial charge in [0.2, 0.25) is 0 Å². The van der Waals surface area contributed by atoms with Crippen LogP contribution in [0.1, 0.15) is 32.3 Å². The second kappa shape index (κ2) is 8.56. The highest BCUT2D eigenvalue weighted by Gasteiger charge is 2.44. The summed E-state index contributed by atoms with van der Waals surface area (Å²) in [6, 6.07) is 8.40. The third-order valence-corrected chi connectivity index (χ3v) is 7.44. The predicted octanol–water partition coefficient (Wildman–Crippen LogP) is 3.09. The number of guanidine groups is 1. The summed E-state index contributed by atoms with van der Waals surface area (Å²) in [5, 5.41) is 6.47. The molecule has 2 N–H and O–H groups in total. The first-order valence-corrected chi connectivity index (χ1v) is 10.7. The molecule has 142 valence electrons. The van der Waals surface area contributed by atoms with Crippen molar-refractivity contribution in [3.8, 4) is 0 Å². The minimum atomic E-state index is -3.14. The van der Waals surface area contributed by atoms with Crippen molar-refractivity contribution < 1.29 is 8.42 Å². The molecule has 8 heteroatoms. The zero-order valence-electron chi connectivity index (χ0n) is 15.1. The molecule has 25 heavy (non-hydrogen) atoms. The Morgan fingerprint density at radius 3 is 2.44 bits per heavy atom. The van der Waals surface area contributed by atoms with Crippen LogP contribution in [0.3, 0.4) is 0 Å². The van der Waals surface area contributed by atoms with E-state index in [-0.39, 0.29) is 29.4 Å². The van der Waals surface area contributed by atoms with Gasteiger partial charge in [-0.3, -0.25) is 4.99 Å². The Morgan fingerprint density at radius 1 is 1.32 bits per heavy atom. The third-order valence-electron chi connectivity index (χ3n) is 4.79. The minimum Gasteiger partial charge on any atom is -0.356 e. The molecule has 0 radical (unpaired) electrons. The first-order chi connectivity index (χ1) is 11.1. The van der Waals surface area contributed by atoms with Crippen LogP contribution in [-0.2, 0) is 15.3 Å². The van der Waals surface area contributed by atoms with Crippen molar-refractivity contribution in [2.75, 3.05) is 26.4 Å². The molecule has 0 atom stereocenters. The molecule has 0 amide bonds. The van der Waals surface area contributed by atoms with Crippen LogP contribution in [0.25, 0.3) is 0 Å². The maximum Gasteiger partial charge on any atom is 0.191 e. The zero-order chi connectivity index (χ0) is 18.0. The first kappa shape index (κ1) is 22.7. The second-order valence-electron chi connectivity index (χ2n) is 7.10. The first-order valence-electron chi connectivity index (χ1n) is 8.00. The Labute approximate surface area is 176 Å². The van der Waals surface area contributed by atoms with Gasteiger partial charge in [0, 0.05) is 36.3 Å². The standard InChI is InChI=1S/C17H26BrN3O2S.HI/c1-16(2,24(4,22)23)11-20-15(19-3)21-12-17(8-9-17)13-6-5-7-14(18)10-13;/h5-7,10H,8-9,11-12H2,1-4H3,(H2,19,20,21);1H. The molecule has 1 aliphatic rings. The molecule has 1 fully saturated rings. The lowest BCUT2D eigenvalue weighted by molar-refractivity contribution is 0.543. The van der Waals surface area contributed by atoms with E-state index in [0.717, 1.165) is 23.9 Å². The van der Waals surface area contributed by atoms with E-state index >= 15 is 0 Å². The van der Waals surface area contributed by atoms with Crippen LogP contribution >= 0.6 is 39.9 Å². The number of hydrogen-bond acceptors (Lipinski definition) is 3. The van der Waals surface area contributed by atoms with Gasteiger partial charge in [-0.1, -0.05) is 28.1 Å². The van der Waals surface area contributed by atoms with Crippen molar-refractivity contribution in [3.05, 3.63) is 34.3 Å². The van der Waals surface area contributed by atoms with Crippen molar-refractivity contribution in [1.29, 1.82) is 0 Å². The Bertz CT molecular complexity index is 731. The van der Waals surface area contributed by atoms with Crippen molar-refractivity contribution in [1.82, 2.24) is 10.6 Å². The molecular weight excluding hydrogens is 517 g/mol. The number of halogens is 2. The number of nitrogens with zero attached hydrogens (tertiary/aromatic N) is 1. The summed E-state index contributed by atoms with van der Waals surface area (Å²) in [4.78, 5) is 4.21. The molecule has 1 aromatic rings. The summed E-state index contributed by atoms with van der Waals surface area (Å²) in [7, 11) is -1.44. The van der Waals surface area contributed by atoms with Crippen molar-refractivity contribution in [3.63, 3.8) is 0 Å². The lowest BCUT2D eigenvalue weighted by Gasteiger charge is -2.25. The Kier molecular flexibility index (Phi) is 7.77. The fourth-order valence-electron chi connectivity index (χ4n) is 2.44. The Hall–Kier alpha value is -0.350. The molecule has 0 aliphatic heterocycles. The number of hydrogen-bond donors (Lipinski definition) is 2. The van der Waals surface area contributed by atoms with Crippen molar-refractivity contribution in [2.45, 2.75) is 36.9 Å². The third kappa shape index (κ3) is 5.82. The fourth-order valence-corrected chi connectivity index (χ4v) is 3.17. The van der Waals surface area contributed by atoms with Crippen LogP contribution in [0.4, 0.5) is 0 Å². The predicted molar refractivity (Wildman–Crippen MR) is 119 cm³/mol. The molecule has 0 spiro atoms. The van der Waals surface area contributed by atoms with Crippen LogP contribution in [0.5, 0.6) is 0 Å². The molecule has 5 nitrogen and oxygen atoms in total. The SMILES string of the molecule is CN=C(NCC1(c2cccc(Br)c2)CC1)NCC(C)(C)S(C)(=O)=O.I. The average molecular weight is 544 g/mol. The van der Waals surface area contributed by atoms with Gasteiger partial charge < -0.3 is 10.6 Å². The monoisotopic (exact) mass is 543 g/mol. The zero-order valence-corrected chi connectivity index (χ0v) is 19.8. The van der Waals surface area contributed by atoms with Gasteiger partial charge >= 0.3 is 0 Å². The lowest BCUT2D eigenvalue weighted by atomic mass is 9.96. The van der Waals surface area contributed by atoms with Crippen LogP contribution in [0.2, 0.25) is 0 Å². The van der Waals surface area contributed by atoms with E-state index in [4.69, 9.17) is 0 Å². The van der Waals surface area contributed by atoms with Crippen LogP contribution in [0.15, 0.2) is 33.7 Å². The number of sulfone groups is 1. The van der Waals surface area contributed by atoms with E-state index in [2.05, 4.69) is 49.8 Å². The summed E-state index contributed by atoms with van der Waals surface area (Å²) < 4.78 is 23.8. The second-order valence-corrected chi connectivity index (χ2v) is 10.7. The molecule has 0 saturated heterocycles. The molecular formula is C17H27BrIN3O2S. The van der Waals surface area contributed by atoms with Crippen LogP contribution < -0.4 is 10.6 Å². The number of nitrogens with one attached hydrogen (secondary N) is 2. The van der Waals surface area contributed by atoms with E-state index in [1.54, 1.807) is 20.9 Å². The molecule has 0 unspecified atom stereocenters. The van der Waals surface area contributed by atoms with Gasteiger partial charge in [-0.15, -0.1) is 24.0 Å². The van der Waals surface area contributed by atoms with Crippen LogP contribution in [0, 0.1) is 0 Å². The van der Waals surface area contributed by atoms with Gasteiger partial charge in [-0.25, -0.2) is 8.42 Å². The highest BCUT2D eigenvalue weighted by atomic mass is 127. The van der Waals surface area contributed by atoms with Crippen molar-refractivity contribution >= 4 is 55.7 Å². The maximum absolute atomic E-state index is 11.8. The molecule has 1 aliphatic carbocycles. The van der Waals surface area contributed by atoms with Crippen LogP contribution in [-0.4, -0.2) is 45.5 Å². The topological polar surface area (TPSA) is 70.6 Å². The Balaban J connectivity index is 0.00000312. The number of rotatable bonds is 6. The maximum atomic E-state index is 11.8. The summed E-state index contributed by atoms with van der Waals surface area (Å²) in [6.45, 7) is 4.52. The summed E-state index contributed by atoms with van der Waals surface area (Å²) in [5.41, 5.74) is 1.46. The summed E-state index contributed by atoms with van der Waals surface area (Å²) in [5.74, 6) is 0.632. The smallest absolute Gasteiger partial charge is 0.191 e. The van der Waals surface area contributed by atoms with Gasteiger partial charge in [-0.2, -0.15) is 0 Å². The minimum absolute atomic E-state index is 0. The summed E-state index contributed by atoms with van der Waals surface area (Å²) >= 11 is 3.53. The quantitative estimate of drug-likeness (QED) is 0.328. The Morgan fingerprint density at radius 2 is 1.96 bits per heavy atom. The molecule has 2 rings (SSSR count). The molecule has 1 saturated carbocycles. The van der Waals surface area contributed by atoms with E-state index in [1.165, 1.54) is 11.8 Å². The van der Waals surface area contributed by atoms with Gasteiger partial charge in [0.25, 0.3) is 0 Å². The number of benzene rings is 1. The van der Waals surface area contributed by atoms with Gasteiger partial charge in [0.05, 0.1) is 4.75 Å². The van der Waals surface area contributed by atoms with E-state index in [0.29, 0.717) is 12.5 Å². The highest BCUT2D eigenvalue weighted by molar-refractivity contribution is 14.0. The van der Waals surface area contributed by atoms with Gasteiger partial charge in [-0.05, 0) is 44.4 Å². The average Bonchev–Trinajstić information content (AvgIpc) is 3.27. The van der Waals surface area contributed by atoms with E-state index in [1.807, 2.05) is 6.07 Å². The molecule has 1 aromatic carbocycles. The van der Waals surface area contributed by atoms with E-state index < -0.39 is 14.6 Å². The fraction of sp³-hybridized carbons (Fsp3) is 0.588. The summed E-state index contributed by atoms with van der Waals surface area (Å²) in [6.07, 6.45) is 3.54. The van der Waals surface area contributed by atoms with Gasteiger partial charge in [0.1, 0.15) is 0 Å². The lowest BCUT2D eigenvalue weighted by Crippen LogP contribution is -2.48. The van der Waals surface area contributed by atoms with E-state index in [9.17, 15) is 8.42 Å². The molecule has 0 bridgehead atoms. The highest BCUT2D eigenvalue weighted by Crippen LogP contribution is 2.48. The molecule has 0 heterocycles.